The summed E-state index contributed by atoms with van der Waals surface area (Å²) in [5.41, 5.74) is 0.683. The Bertz CT molecular complexity index is 970. The van der Waals surface area contributed by atoms with Crippen LogP contribution in [0.3, 0.4) is 0 Å². The first kappa shape index (κ1) is 19.0. The molecule has 0 bridgehead atoms. The predicted octanol–water partition coefficient (Wildman–Crippen LogP) is 2.63. The molecule has 0 spiro atoms. The Balaban J connectivity index is 1.56. The van der Waals surface area contributed by atoms with Crippen molar-refractivity contribution in [3.8, 4) is 11.5 Å². The first-order valence-electron chi connectivity index (χ1n) is 9.77. The minimum Gasteiger partial charge on any atom is -0.363 e. The van der Waals surface area contributed by atoms with Crippen LogP contribution < -0.4 is 10.2 Å². The lowest BCUT2D eigenvalue weighted by atomic mass is 9.97. The summed E-state index contributed by atoms with van der Waals surface area (Å²) in [5.74, 6) is 2.56. The third-order valence-electron chi connectivity index (χ3n) is 4.84. The number of hydrogen-bond acceptors (Lipinski definition) is 9. The maximum absolute atomic E-state index is 12.6. The molecule has 3 aromatic heterocycles. The number of nitrogens with one attached hydrogen (secondary N) is 1. The zero-order chi connectivity index (χ0) is 20.2. The molecular weight excluding hydrogens is 374 g/mol. The van der Waals surface area contributed by atoms with Gasteiger partial charge in [0.25, 0.3) is 5.89 Å². The van der Waals surface area contributed by atoms with Gasteiger partial charge in [-0.25, -0.2) is 9.97 Å². The van der Waals surface area contributed by atoms with E-state index >= 15 is 0 Å². The molecule has 1 amide bonds. The van der Waals surface area contributed by atoms with Gasteiger partial charge in [0.2, 0.25) is 5.91 Å². The molecule has 10 heteroatoms. The average Bonchev–Trinajstić information content (AvgIpc) is 3.40. The summed E-state index contributed by atoms with van der Waals surface area (Å²) in [6.07, 6.45) is 6.48. The van der Waals surface area contributed by atoms with Crippen LogP contribution in [0.5, 0.6) is 0 Å². The van der Waals surface area contributed by atoms with Crippen molar-refractivity contribution in [1.82, 2.24) is 25.3 Å². The van der Waals surface area contributed by atoms with Gasteiger partial charge in [0.1, 0.15) is 23.5 Å². The fraction of sp³-hybridized carbons (Fsp3) is 0.474. The lowest BCUT2D eigenvalue weighted by molar-refractivity contribution is -0.120. The van der Waals surface area contributed by atoms with Gasteiger partial charge in [0.05, 0.1) is 5.92 Å². The number of piperidine rings is 1. The maximum atomic E-state index is 12.6. The summed E-state index contributed by atoms with van der Waals surface area (Å²) in [4.78, 5) is 28.1. The quantitative estimate of drug-likeness (QED) is 0.668. The van der Waals surface area contributed by atoms with Gasteiger partial charge in [-0.15, -0.1) is 0 Å². The van der Waals surface area contributed by atoms with E-state index in [-0.39, 0.29) is 11.8 Å². The molecule has 1 aliphatic heterocycles. The second kappa shape index (κ2) is 8.38. The Hall–Kier alpha value is -3.30. The summed E-state index contributed by atoms with van der Waals surface area (Å²) >= 11 is 0. The summed E-state index contributed by atoms with van der Waals surface area (Å²) in [6, 6.07) is 1.62. The van der Waals surface area contributed by atoms with Crippen LogP contribution in [-0.2, 0) is 11.2 Å². The summed E-state index contributed by atoms with van der Waals surface area (Å²) in [7, 11) is 0. The van der Waals surface area contributed by atoms with Gasteiger partial charge in [0.15, 0.2) is 11.6 Å². The van der Waals surface area contributed by atoms with Crippen LogP contribution in [0.1, 0.15) is 37.8 Å². The molecule has 1 unspecified atom stereocenters. The molecule has 0 radical (unpaired) electrons. The Morgan fingerprint density at radius 2 is 2.24 bits per heavy atom. The van der Waals surface area contributed by atoms with E-state index in [0.29, 0.717) is 41.3 Å². The van der Waals surface area contributed by atoms with Crippen LogP contribution in [0.4, 0.5) is 11.6 Å². The van der Waals surface area contributed by atoms with E-state index in [0.717, 1.165) is 32.2 Å². The lowest BCUT2D eigenvalue weighted by Crippen LogP contribution is -2.41. The average molecular weight is 397 g/mol. The zero-order valence-corrected chi connectivity index (χ0v) is 16.5. The minimum absolute atomic E-state index is 0.0843. The van der Waals surface area contributed by atoms with Gasteiger partial charge in [-0.05, 0) is 26.2 Å². The van der Waals surface area contributed by atoms with Crippen LogP contribution in [0.25, 0.3) is 11.5 Å². The Morgan fingerprint density at radius 3 is 3.03 bits per heavy atom. The summed E-state index contributed by atoms with van der Waals surface area (Å²) in [5, 5.41) is 10.6. The van der Waals surface area contributed by atoms with Crippen molar-refractivity contribution in [3.05, 3.63) is 30.2 Å². The van der Waals surface area contributed by atoms with Gasteiger partial charge in [-0.2, -0.15) is 4.98 Å². The molecule has 1 saturated heterocycles. The van der Waals surface area contributed by atoms with E-state index < -0.39 is 0 Å². The second-order valence-electron chi connectivity index (χ2n) is 7.08. The number of aromatic nitrogens is 5. The van der Waals surface area contributed by atoms with Gasteiger partial charge in [-0.1, -0.05) is 17.2 Å². The molecule has 1 aliphatic rings. The van der Waals surface area contributed by atoms with Crippen LogP contribution in [0, 0.1) is 12.8 Å². The monoisotopic (exact) mass is 397 g/mol. The van der Waals surface area contributed by atoms with Crippen molar-refractivity contribution < 1.29 is 13.8 Å². The van der Waals surface area contributed by atoms with E-state index in [2.05, 4.69) is 42.4 Å². The highest BCUT2D eigenvalue weighted by Gasteiger charge is 2.29. The molecule has 4 rings (SSSR count). The van der Waals surface area contributed by atoms with Gasteiger partial charge < -0.3 is 19.3 Å². The smallest absolute Gasteiger partial charge is 0.263 e. The van der Waals surface area contributed by atoms with Crippen molar-refractivity contribution in [2.45, 2.75) is 39.5 Å². The second-order valence-corrected chi connectivity index (χ2v) is 7.08. The molecule has 29 heavy (non-hydrogen) atoms. The van der Waals surface area contributed by atoms with Crippen molar-refractivity contribution in [2.75, 3.05) is 23.3 Å². The summed E-state index contributed by atoms with van der Waals surface area (Å²) in [6.45, 7) is 5.22. The van der Waals surface area contributed by atoms with Crippen LogP contribution >= 0.6 is 0 Å². The van der Waals surface area contributed by atoms with Crippen molar-refractivity contribution >= 4 is 17.5 Å². The first-order valence-corrected chi connectivity index (χ1v) is 9.77. The first-order chi connectivity index (χ1) is 14.1. The number of nitrogens with zero attached hydrogens (tertiary/aromatic N) is 6. The van der Waals surface area contributed by atoms with Gasteiger partial charge >= 0.3 is 0 Å². The molecule has 152 valence electrons. The highest BCUT2D eigenvalue weighted by molar-refractivity contribution is 5.92. The van der Waals surface area contributed by atoms with E-state index in [4.69, 9.17) is 9.05 Å². The number of anilines is 2. The fourth-order valence-electron chi connectivity index (χ4n) is 3.43. The van der Waals surface area contributed by atoms with E-state index in [1.807, 2.05) is 6.92 Å². The van der Waals surface area contributed by atoms with Crippen LogP contribution in [0.2, 0.25) is 0 Å². The van der Waals surface area contributed by atoms with E-state index in [9.17, 15) is 4.79 Å². The fourth-order valence-corrected chi connectivity index (χ4v) is 3.43. The number of carbonyl (C=O) groups excluding carboxylic acids is 1. The largest absolute Gasteiger partial charge is 0.363 e. The molecule has 1 N–H and O–H groups in total. The van der Waals surface area contributed by atoms with Gasteiger partial charge in [-0.3, -0.25) is 4.79 Å². The number of hydrogen-bond donors (Lipinski definition) is 1. The maximum Gasteiger partial charge on any atom is 0.263 e. The molecule has 1 fully saturated rings. The molecule has 0 saturated carbocycles. The van der Waals surface area contributed by atoms with Crippen LogP contribution in [-0.4, -0.2) is 44.3 Å². The van der Waals surface area contributed by atoms with E-state index in [1.54, 1.807) is 12.3 Å². The van der Waals surface area contributed by atoms with Gasteiger partial charge in [0, 0.05) is 31.8 Å². The Labute approximate surface area is 167 Å². The minimum atomic E-state index is -0.193. The third kappa shape index (κ3) is 4.25. The molecule has 0 aromatic carbocycles. The topological polar surface area (TPSA) is 123 Å². The zero-order valence-electron chi connectivity index (χ0n) is 16.5. The highest BCUT2D eigenvalue weighted by atomic mass is 16.5. The predicted molar refractivity (Wildman–Crippen MR) is 104 cm³/mol. The summed E-state index contributed by atoms with van der Waals surface area (Å²) < 4.78 is 10.2. The SMILES string of the molecule is CCCc1noc(-c2cnc(C)nc2N2CCCC(C(=O)Nc3ccon3)C2)n1. The standard InChI is InChI=1S/C19H23N7O3/c1-3-5-15-23-19(29-25-15)14-10-20-12(2)21-17(14)26-8-4-6-13(11-26)18(27)22-16-7-9-28-24-16/h7,9-10,13H,3-6,8,11H2,1-2H3,(H,22,24,27). The normalized spacial score (nSPS) is 16.8. The Morgan fingerprint density at radius 1 is 1.34 bits per heavy atom. The van der Waals surface area contributed by atoms with Crippen LogP contribution in [0.15, 0.2) is 27.6 Å². The molecule has 3 aromatic rings. The lowest BCUT2D eigenvalue weighted by Gasteiger charge is -2.33. The van der Waals surface area contributed by atoms with Crippen molar-refractivity contribution in [3.63, 3.8) is 0 Å². The highest BCUT2D eigenvalue weighted by Crippen LogP contribution is 2.31. The molecular formula is C19H23N7O3. The Kier molecular flexibility index (Phi) is 5.50. The third-order valence-corrected chi connectivity index (χ3v) is 4.84. The molecule has 4 heterocycles. The number of rotatable bonds is 6. The molecule has 1 atom stereocenters. The number of amides is 1. The molecule has 0 aliphatic carbocycles. The number of carbonyl (C=O) groups is 1. The van der Waals surface area contributed by atoms with Crippen molar-refractivity contribution in [1.29, 1.82) is 0 Å². The molecule has 10 nitrogen and oxygen atoms in total. The van der Waals surface area contributed by atoms with E-state index in [1.165, 1.54) is 6.26 Å². The van der Waals surface area contributed by atoms with Crippen molar-refractivity contribution in [2.24, 2.45) is 5.92 Å². The number of aryl methyl sites for hydroxylation is 2.